The van der Waals surface area contributed by atoms with Crippen molar-refractivity contribution in [3.63, 3.8) is 0 Å². The summed E-state index contributed by atoms with van der Waals surface area (Å²) >= 11 is 0. The number of nitrogens with one attached hydrogen (secondary N) is 1. The van der Waals surface area contributed by atoms with Crippen molar-refractivity contribution in [2.24, 2.45) is 0 Å². The minimum Gasteiger partial charge on any atom is -0.497 e. The summed E-state index contributed by atoms with van der Waals surface area (Å²) in [7, 11) is 1.58. The number of carbonyl (C=O) groups excluding carboxylic acids is 1. The molecule has 0 radical (unpaired) electrons. The number of benzene rings is 1. The highest BCUT2D eigenvalue weighted by Gasteiger charge is 2.18. The highest BCUT2D eigenvalue weighted by atomic mass is 35.5. The number of ether oxygens (including phenoxy) is 1. The molecule has 126 valence electrons. The fourth-order valence-electron chi connectivity index (χ4n) is 2.76. The van der Waals surface area contributed by atoms with Crippen LogP contribution in [0.2, 0.25) is 0 Å². The smallest absolute Gasteiger partial charge is 0.257 e. The van der Waals surface area contributed by atoms with Crippen LogP contribution in [0.5, 0.6) is 5.75 Å². The molecule has 0 aliphatic heterocycles. The van der Waals surface area contributed by atoms with E-state index >= 15 is 0 Å². The number of nitrogens with two attached hydrogens (primary N) is 1. The minimum absolute atomic E-state index is 0. The molecule has 0 atom stereocenters. The molecule has 1 heterocycles. The van der Waals surface area contributed by atoms with Crippen molar-refractivity contribution in [1.82, 2.24) is 4.57 Å². The Bertz CT molecular complexity index is 708. The van der Waals surface area contributed by atoms with Crippen LogP contribution in [0.1, 0.15) is 41.6 Å². The van der Waals surface area contributed by atoms with Gasteiger partial charge in [-0.05, 0) is 45.9 Å². The van der Waals surface area contributed by atoms with Gasteiger partial charge in [0.25, 0.3) is 5.91 Å². The number of aryl methyl sites for hydroxylation is 1. The van der Waals surface area contributed by atoms with Gasteiger partial charge in [-0.25, -0.2) is 0 Å². The average molecular weight is 338 g/mol. The first-order valence-electron chi connectivity index (χ1n) is 7.28. The predicted octanol–water partition coefficient (Wildman–Crippen LogP) is 3.95. The van der Waals surface area contributed by atoms with Crippen molar-refractivity contribution in [2.45, 2.75) is 33.7 Å². The summed E-state index contributed by atoms with van der Waals surface area (Å²) < 4.78 is 7.31. The quantitative estimate of drug-likeness (QED) is 0.830. The number of nitrogens with zero attached hydrogens (tertiary/aromatic N) is 1. The van der Waals surface area contributed by atoms with Gasteiger partial charge in [-0.3, -0.25) is 4.79 Å². The molecule has 3 N–H and O–H groups in total. The highest BCUT2D eigenvalue weighted by Crippen LogP contribution is 2.26. The van der Waals surface area contributed by atoms with Crippen molar-refractivity contribution in [1.29, 1.82) is 0 Å². The molecule has 0 unspecified atom stereocenters. The summed E-state index contributed by atoms with van der Waals surface area (Å²) in [6.45, 7) is 8.16. The molecule has 0 aliphatic rings. The number of aromatic nitrogens is 1. The molecule has 0 fully saturated rings. The van der Waals surface area contributed by atoms with Gasteiger partial charge in [0.2, 0.25) is 0 Å². The largest absolute Gasteiger partial charge is 0.497 e. The van der Waals surface area contributed by atoms with Crippen molar-refractivity contribution >= 4 is 29.7 Å². The Balaban J connectivity index is 0.00000264. The van der Waals surface area contributed by atoms with E-state index < -0.39 is 0 Å². The van der Waals surface area contributed by atoms with Crippen LogP contribution in [0.15, 0.2) is 24.3 Å². The van der Waals surface area contributed by atoms with Crippen LogP contribution in [0.25, 0.3) is 0 Å². The Morgan fingerprint density at radius 3 is 2.43 bits per heavy atom. The third-order valence-corrected chi connectivity index (χ3v) is 3.75. The number of rotatable bonds is 4. The first kappa shape index (κ1) is 18.9. The lowest BCUT2D eigenvalue weighted by molar-refractivity contribution is 0.102. The fourth-order valence-corrected chi connectivity index (χ4v) is 2.76. The van der Waals surface area contributed by atoms with Crippen LogP contribution in [0.4, 0.5) is 11.4 Å². The Hall–Kier alpha value is -2.14. The third kappa shape index (κ3) is 3.79. The maximum Gasteiger partial charge on any atom is 0.257 e. The zero-order chi connectivity index (χ0) is 16.4. The SMILES string of the molecule is COc1ccc(N)c(NC(=O)c2cc(C)n(C(C)C)c2C)c1.Cl. The van der Waals surface area contributed by atoms with Crippen LogP contribution in [-0.4, -0.2) is 17.6 Å². The van der Waals surface area contributed by atoms with Crippen LogP contribution < -0.4 is 15.8 Å². The number of hydrogen-bond acceptors (Lipinski definition) is 3. The molecular formula is C17H24ClN3O2. The average Bonchev–Trinajstić information content (AvgIpc) is 2.76. The minimum atomic E-state index is -0.167. The van der Waals surface area contributed by atoms with Crippen LogP contribution in [-0.2, 0) is 0 Å². The summed E-state index contributed by atoms with van der Waals surface area (Å²) in [5.74, 6) is 0.483. The summed E-state index contributed by atoms with van der Waals surface area (Å²) in [6, 6.07) is 7.40. The molecule has 2 aromatic rings. The second-order valence-corrected chi connectivity index (χ2v) is 5.66. The van der Waals surface area contributed by atoms with E-state index in [1.807, 2.05) is 19.9 Å². The molecule has 1 aromatic carbocycles. The Kier molecular flexibility index (Phi) is 6.10. The van der Waals surface area contributed by atoms with Gasteiger partial charge in [-0.1, -0.05) is 0 Å². The van der Waals surface area contributed by atoms with Gasteiger partial charge in [-0.2, -0.15) is 0 Å². The van der Waals surface area contributed by atoms with Gasteiger partial charge < -0.3 is 20.4 Å². The Morgan fingerprint density at radius 1 is 1.26 bits per heavy atom. The van der Waals surface area contributed by atoms with E-state index in [0.29, 0.717) is 28.7 Å². The Morgan fingerprint density at radius 2 is 1.91 bits per heavy atom. The molecule has 0 aliphatic carbocycles. The lowest BCUT2D eigenvalue weighted by atomic mass is 10.2. The van der Waals surface area contributed by atoms with Gasteiger partial charge in [0, 0.05) is 23.5 Å². The van der Waals surface area contributed by atoms with E-state index in [0.717, 1.165) is 11.4 Å². The third-order valence-electron chi connectivity index (χ3n) is 3.75. The number of nitrogen functional groups attached to an aromatic ring is 1. The van der Waals surface area contributed by atoms with E-state index in [2.05, 4.69) is 23.7 Å². The zero-order valence-electron chi connectivity index (χ0n) is 14.1. The fraction of sp³-hybridized carbons (Fsp3) is 0.353. The summed E-state index contributed by atoms with van der Waals surface area (Å²) in [6.07, 6.45) is 0. The molecule has 6 heteroatoms. The molecule has 1 aromatic heterocycles. The molecule has 1 amide bonds. The van der Waals surface area contributed by atoms with Crippen molar-refractivity contribution < 1.29 is 9.53 Å². The van der Waals surface area contributed by atoms with E-state index in [-0.39, 0.29) is 18.3 Å². The van der Waals surface area contributed by atoms with Crippen LogP contribution in [0, 0.1) is 13.8 Å². The van der Waals surface area contributed by atoms with E-state index in [1.165, 1.54) is 0 Å². The van der Waals surface area contributed by atoms with Crippen molar-refractivity contribution in [2.75, 3.05) is 18.2 Å². The molecule has 2 rings (SSSR count). The molecule has 0 saturated heterocycles. The number of methoxy groups -OCH3 is 1. The first-order chi connectivity index (χ1) is 10.3. The normalized spacial score (nSPS) is 10.3. The van der Waals surface area contributed by atoms with Gasteiger partial charge in [0.1, 0.15) is 5.75 Å². The summed E-state index contributed by atoms with van der Waals surface area (Å²) in [4.78, 5) is 12.6. The van der Waals surface area contributed by atoms with E-state index in [4.69, 9.17) is 10.5 Å². The second kappa shape index (κ2) is 7.42. The van der Waals surface area contributed by atoms with Gasteiger partial charge in [0.05, 0.1) is 24.0 Å². The number of halogens is 1. The van der Waals surface area contributed by atoms with E-state index in [9.17, 15) is 4.79 Å². The monoisotopic (exact) mass is 337 g/mol. The van der Waals surface area contributed by atoms with E-state index in [1.54, 1.807) is 25.3 Å². The lowest BCUT2D eigenvalue weighted by Crippen LogP contribution is -2.15. The number of anilines is 2. The number of carbonyl (C=O) groups is 1. The molecule has 0 spiro atoms. The maximum absolute atomic E-state index is 12.6. The van der Waals surface area contributed by atoms with Gasteiger partial charge in [0.15, 0.2) is 0 Å². The predicted molar refractivity (Wildman–Crippen MR) is 96.9 cm³/mol. The molecule has 23 heavy (non-hydrogen) atoms. The summed E-state index contributed by atoms with van der Waals surface area (Å²) in [5, 5.41) is 2.86. The van der Waals surface area contributed by atoms with Crippen LogP contribution >= 0.6 is 12.4 Å². The number of hydrogen-bond donors (Lipinski definition) is 2. The van der Waals surface area contributed by atoms with Crippen molar-refractivity contribution in [3.05, 3.63) is 41.2 Å². The molecule has 5 nitrogen and oxygen atoms in total. The molecule has 0 saturated carbocycles. The topological polar surface area (TPSA) is 69.3 Å². The maximum atomic E-state index is 12.6. The second-order valence-electron chi connectivity index (χ2n) is 5.66. The standard InChI is InChI=1S/C17H23N3O2.ClH/c1-10(2)20-11(3)8-14(12(20)4)17(21)19-16-9-13(22-5)6-7-15(16)18;/h6-10H,18H2,1-5H3,(H,19,21);1H. The molecule has 0 bridgehead atoms. The number of amides is 1. The van der Waals surface area contributed by atoms with Gasteiger partial charge >= 0.3 is 0 Å². The van der Waals surface area contributed by atoms with Crippen molar-refractivity contribution in [3.8, 4) is 5.75 Å². The Labute approximate surface area is 143 Å². The molecular weight excluding hydrogens is 314 g/mol. The lowest BCUT2D eigenvalue weighted by Gasteiger charge is -2.14. The summed E-state index contributed by atoms with van der Waals surface area (Å²) in [5.41, 5.74) is 9.65. The first-order valence-corrected chi connectivity index (χ1v) is 7.28. The van der Waals surface area contributed by atoms with Crippen LogP contribution in [0.3, 0.4) is 0 Å². The zero-order valence-corrected chi connectivity index (χ0v) is 15.0. The van der Waals surface area contributed by atoms with Gasteiger partial charge in [-0.15, -0.1) is 12.4 Å². The highest BCUT2D eigenvalue weighted by molar-refractivity contribution is 6.06.